The molecule has 1 N–H and O–H groups in total. The first-order chi connectivity index (χ1) is 14.0. The Labute approximate surface area is 177 Å². The van der Waals surface area contributed by atoms with Gasteiger partial charge in [-0.2, -0.15) is 12.8 Å². The van der Waals surface area contributed by atoms with Gasteiger partial charge < -0.3 is 4.90 Å². The SMILES string of the molecule is CSc1ccc(C(=O)N2CCCCC2)c(NS(=O)(=O)c2nccc3sncc23)c1. The summed E-state index contributed by atoms with van der Waals surface area (Å²) in [7, 11) is -4.00. The Bertz CT molecular complexity index is 1150. The lowest BCUT2D eigenvalue weighted by Crippen LogP contribution is -2.36. The number of rotatable bonds is 5. The third-order valence-electron chi connectivity index (χ3n) is 4.85. The molecule has 3 aromatic rings. The lowest BCUT2D eigenvalue weighted by Gasteiger charge is -2.27. The van der Waals surface area contributed by atoms with Crippen LogP contribution in [0.4, 0.5) is 5.69 Å². The van der Waals surface area contributed by atoms with Gasteiger partial charge in [-0.15, -0.1) is 11.8 Å². The van der Waals surface area contributed by atoms with Gasteiger partial charge in [-0.3, -0.25) is 9.52 Å². The smallest absolute Gasteiger partial charge is 0.280 e. The van der Waals surface area contributed by atoms with Gasteiger partial charge >= 0.3 is 0 Å². The predicted molar refractivity (Wildman–Crippen MR) is 116 cm³/mol. The predicted octanol–water partition coefficient (Wildman–Crippen LogP) is 3.84. The van der Waals surface area contributed by atoms with E-state index in [-0.39, 0.29) is 16.6 Å². The summed E-state index contributed by atoms with van der Waals surface area (Å²) in [4.78, 5) is 19.8. The molecule has 10 heteroatoms. The standard InChI is InChI=1S/C19H20N4O3S3/c1-27-13-5-6-14(19(24)23-9-3-2-4-10-23)16(11-13)22-29(25,26)18-15-12-21-28-17(15)7-8-20-18/h5-8,11-12,22H,2-4,9-10H2,1H3. The van der Waals surface area contributed by atoms with Crippen molar-refractivity contribution in [2.24, 2.45) is 0 Å². The maximum absolute atomic E-state index is 13.1. The summed E-state index contributed by atoms with van der Waals surface area (Å²) in [5.41, 5.74) is 0.623. The Kier molecular flexibility index (Phi) is 5.75. The number of benzene rings is 1. The third-order valence-corrected chi connectivity index (χ3v) is 7.66. The Morgan fingerprint density at radius 2 is 2.00 bits per heavy atom. The van der Waals surface area contributed by atoms with Crippen LogP contribution in [0, 0.1) is 0 Å². The topological polar surface area (TPSA) is 92.3 Å². The van der Waals surface area contributed by atoms with Gasteiger partial charge in [-0.05, 0) is 61.3 Å². The van der Waals surface area contributed by atoms with Crippen LogP contribution in [-0.2, 0) is 10.0 Å². The van der Waals surface area contributed by atoms with Crippen molar-refractivity contribution in [3.05, 3.63) is 42.2 Å². The minimum atomic E-state index is -4.00. The summed E-state index contributed by atoms with van der Waals surface area (Å²) in [6.07, 6.45) is 7.89. The van der Waals surface area contributed by atoms with Crippen molar-refractivity contribution >= 4 is 55.0 Å². The van der Waals surface area contributed by atoms with Crippen molar-refractivity contribution in [2.45, 2.75) is 29.2 Å². The summed E-state index contributed by atoms with van der Waals surface area (Å²) in [5.74, 6) is -0.154. The number of nitrogens with one attached hydrogen (secondary N) is 1. The van der Waals surface area contributed by atoms with Gasteiger partial charge in [0, 0.05) is 24.2 Å². The maximum Gasteiger partial charge on any atom is 0.280 e. The highest BCUT2D eigenvalue weighted by atomic mass is 32.2. The number of hydrogen-bond donors (Lipinski definition) is 1. The second-order valence-electron chi connectivity index (χ2n) is 6.72. The number of amides is 1. The van der Waals surface area contributed by atoms with Gasteiger partial charge in [0.25, 0.3) is 15.9 Å². The number of aromatic nitrogens is 2. The van der Waals surface area contributed by atoms with Gasteiger partial charge in [0.15, 0.2) is 5.03 Å². The lowest BCUT2D eigenvalue weighted by molar-refractivity contribution is 0.0725. The van der Waals surface area contributed by atoms with Gasteiger partial charge in [-0.25, -0.2) is 4.98 Å². The van der Waals surface area contributed by atoms with Gasteiger partial charge in [0.2, 0.25) is 0 Å². The molecule has 1 aromatic carbocycles. The van der Waals surface area contributed by atoms with Crippen LogP contribution >= 0.6 is 23.3 Å². The molecule has 7 nitrogen and oxygen atoms in total. The molecule has 29 heavy (non-hydrogen) atoms. The number of piperidine rings is 1. The summed E-state index contributed by atoms with van der Waals surface area (Å²) >= 11 is 2.69. The first-order valence-corrected chi connectivity index (χ1v) is 12.7. The largest absolute Gasteiger partial charge is 0.339 e. The first kappa shape index (κ1) is 20.1. The minimum Gasteiger partial charge on any atom is -0.339 e. The third kappa shape index (κ3) is 4.10. The number of pyridine rings is 1. The van der Waals surface area contributed by atoms with E-state index in [2.05, 4.69) is 14.1 Å². The number of nitrogens with zero attached hydrogens (tertiary/aromatic N) is 3. The zero-order chi connectivity index (χ0) is 20.4. The summed E-state index contributed by atoms with van der Waals surface area (Å²) in [6, 6.07) is 6.96. The Balaban J connectivity index is 1.73. The zero-order valence-corrected chi connectivity index (χ0v) is 18.2. The number of carbonyl (C=O) groups is 1. The number of anilines is 1. The van der Waals surface area contributed by atoms with E-state index in [9.17, 15) is 13.2 Å². The van der Waals surface area contributed by atoms with E-state index in [1.54, 1.807) is 23.1 Å². The first-order valence-electron chi connectivity index (χ1n) is 9.19. The molecule has 1 aliphatic heterocycles. The number of sulfonamides is 1. The normalized spacial score (nSPS) is 14.9. The molecular weight excluding hydrogens is 428 g/mol. The van der Waals surface area contributed by atoms with Crippen molar-refractivity contribution in [3.8, 4) is 0 Å². The molecule has 2 aromatic heterocycles. The second kappa shape index (κ2) is 8.29. The molecule has 1 saturated heterocycles. The zero-order valence-electron chi connectivity index (χ0n) is 15.8. The van der Waals surface area contributed by atoms with E-state index in [0.29, 0.717) is 24.0 Å². The molecule has 1 amide bonds. The molecule has 0 saturated carbocycles. The number of carbonyl (C=O) groups excluding carboxylic acids is 1. The van der Waals surface area contributed by atoms with Crippen LogP contribution in [0.1, 0.15) is 29.6 Å². The van der Waals surface area contributed by atoms with E-state index in [0.717, 1.165) is 28.9 Å². The van der Waals surface area contributed by atoms with Crippen molar-refractivity contribution < 1.29 is 13.2 Å². The minimum absolute atomic E-state index is 0.0883. The van der Waals surface area contributed by atoms with Crippen LogP contribution < -0.4 is 4.72 Å². The fourth-order valence-electron chi connectivity index (χ4n) is 3.37. The van der Waals surface area contributed by atoms with Crippen LogP contribution in [0.25, 0.3) is 10.1 Å². The molecule has 3 heterocycles. The van der Waals surface area contributed by atoms with Crippen molar-refractivity contribution in [2.75, 3.05) is 24.1 Å². The lowest BCUT2D eigenvalue weighted by atomic mass is 10.1. The van der Waals surface area contributed by atoms with Gasteiger partial charge in [0.1, 0.15) is 0 Å². The van der Waals surface area contributed by atoms with Crippen LogP contribution in [0.15, 0.2) is 46.6 Å². The van der Waals surface area contributed by atoms with E-state index in [1.807, 2.05) is 12.3 Å². The van der Waals surface area contributed by atoms with Crippen LogP contribution in [0.5, 0.6) is 0 Å². The number of hydrogen-bond acceptors (Lipinski definition) is 7. The highest BCUT2D eigenvalue weighted by Crippen LogP contribution is 2.29. The maximum atomic E-state index is 13.1. The number of thioether (sulfide) groups is 1. The number of likely N-dealkylation sites (tertiary alicyclic amines) is 1. The fourth-order valence-corrected chi connectivity index (χ4v) is 5.72. The van der Waals surface area contributed by atoms with Crippen LogP contribution in [0.2, 0.25) is 0 Å². The Hall–Kier alpha value is -2.17. The van der Waals surface area contributed by atoms with Crippen molar-refractivity contribution in [1.82, 2.24) is 14.3 Å². The van der Waals surface area contributed by atoms with Gasteiger partial charge in [0.05, 0.1) is 27.5 Å². The summed E-state index contributed by atoms with van der Waals surface area (Å²) in [5, 5.41) is 0.379. The monoisotopic (exact) mass is 448 g/mol. The highest BCUT2D eigenvalue weighted by Gasteiger charge is 2.26. The summed E-state index contributed by atoms with van der Waals surface area (Å²) < 4.78 is 33.7. The van der Waals surface area contributed by atoms with E-state index in [4.69, 9.17) is 0 Å². The molecular formula is C19H20N4O3S3. The van der Waals surface area contributed by atoms with E-state index >= 15 is 0 Å². The van der Waals surface area contributed by atoms with Crippen LogP contribution in [-0.4, -0.2) is 47.9 Å². The number of fused-ring (bicyclic) bond motifs is 1. The summed E-state index contributed by atoms with van der Waals surface area (Å²) in [6.45, 7) is 1.38. The molecule has 0 unspecified atom stereocenters. The highest BCUT2D eigenvalue weighted by molar-refractivity contribution is 7.98. The average Bonchev–Trinajstić information content (AvgIpc) is 3.22. The van der Waals surface area contributed by atoms with Gasteiger partial charge in [-0.1, -0.05) is 0 Å². The second-order valence-corrected chi connectivity index (χ2v) is 10.0. The average molecular weight is 449 g/mol. The molecule has 1 aliphatic rings. The Morgan fingerprint density at radius 3 is 2.76 bits per heavy atom. The van der Waals surface area contributed by atoms with Crippen molar-refractivity contribution in [1.29, 1.82) is 0 Å². The molecule has 1 fully saturated rings. The molecule has 0 aliphatic carbocycles. The molecule has 0 spiro atoms. The quantitative estimate of drug-likeness (QED) is 0.596. The van der Waals surface area contributed by atoms with Crippen LogP contribution in [0.3, 0.4) is 0 Å². The Morgan fingerprint density at radius 1 is 1.21 bits per heavy atom. The van der Waals surface area contributed by atoms with Crippen molar-refractivity contribution in [3.63, 3.8) is 0 Å². The molecule has 4 rings (SSSR count). The fraction of sp³-hybridized carbons (Fsp3) is 0.316. The van der Waals surface area contributed by atoms with E-state index in [1.165, 1.54) is 35.7 Å². The van der Waals surface area contributed by atoms with E-state index < -0.39 is 10.0 Å². The molecule has 0 radical (unpaired) electrons. The molecule has 0 bridgehead atoms. The molecule has 0 atom stereocenters. The molecule has 152 valence electrons.